The minimum Gasteiger partial charge on any atom is -0.273 e. The lowest BCUT2D eigenvalue weighted by atomic mass is 10.1. The highest BCUT2D eigenvalue weighted by atomic mass is 35.5. The summed E-state index contributed by atoms with van der Waals surface area (Å²) in [6.45, 7) is 0. The molecule has 0 unspecified atom stereocenters. The summed E-state index contributed by atoms with van der Waals surface area (Å²) in [5.41, 5.74) is 3.75. The van der Waals surface area contributed by atoms with E-state index in [-0.39, 0.29) is 0 Å². The van der Waals surface area contributed by atoms with Gasteiger partial charge >= 0.3 is 0 Å². The lowest BCUT2D eigenvalue weighted by Gasteiger charge is -2.02. The molecule has 0 saturated heterocycles. The highest BCUT2D eigenvalue weighted by Gasteiger charge is 2.10. The Labute approximate surface area is 132 Å². The molecule has 0 radical (unpaired) electrons. The maximum Gasteiger partial charge on any atom is 0.236 e. The number of nitrogens with zero attached hydrogens (tertiary/aromatic N) is 3. The number of rotatable bonds is 2. The van der Waals surface area contributed by atoms with Crippen LogP contribution in [0.5, 0.6) is 0 Å². The summed E-state index contributed by atoms with van der Waals surface area (Å²) in [4.78, 5) is 9.22. The van der Waals surface area contributed by atoms with E-state index in [1.54, 1.807) is 4.40 Å². The third-order valence-corrected chi connectivity index (χ3v) is 3.82. The second-order valence-electron chi connectivity index (χ2n) is 4.99. The van der Waals surface area contributed by atoms with E-state index in [1.165, 1.54) is 0 Å². The second kappa shape index (κ2) is 5.28. The van der Waals surface area contributed by atoms with Gasteiger partial charge in [-0.3, -0.25) is 4.40 Å². The van der Waals surface area contributed by atoms with Gasteiger partial charge in [-0.15, -0.1) is 0 Å². The van der Waals surface area contributed by atoms with E-state index in [0.29, 0.717) is 10.9 Å². The van der Waals surface area contributed by atoms with E-state index < -0.39 is 0 Å². The molecule has 4 rings (SSSR count). The highest BCUT2D eigenvalue weighted by molar-refractivity contribution is 6.30. The van der Waals surface area contributed by atoms with Crippen molar-refractivity contribution >= 4 is 17.4 Å². The topological polar surface area (TPSA) is 30.2 Å². The summed E-state index contributed by atoms with van der Waals surface area (Å²) in [5, 5.41) is 0.596. The molecular weight excluding hydrogens is 294 g/mol. The van der Waals surface area contributed by atoms with Crippen LogP contribution in [-0.4, -0.2) is 14.4 Å². The van der Waals surface area contributed by atoms with Crippen molar-refractivity contribution < 1.29 is 0 Å². The zero-order chi connectivity index (χ0) is 14.9. The molecule has 0 aliphatic rings. The van der Waals surface area contributed by atoms with E-state index in [4.69, 9.17) is 11.6 Å². The molecule has 106 valence electrons. The standard InChI is InChI=1S/C18H12ClN3/c19-17-11-15(13-7-3-1-4-8-13)20-18-21-16(12-22(17)18)14-9-5-2-6-10-14/h1-12H. The molecule has 22 heavy (non-hydrogen) atoms. The predicted molar refractivity (Wildman–Crippen MR) is 88.9 cm³/mol. The molecule has 2 aromatic heterocycles. The molecule has 0 spiro atoms. The fraction of sp³-hybridized carbons (Fsp3) is 0. The van der Waals surface area contributed by atoms with Crippen molar-refractivity contribution in [3.63, 3.8) is 0 Å². The smallest absolute Gasteiger partial charge is 0.236 e. The van der Waals surface area contributed by atoms with Crippen LogP contribution in [0.2, 0.25) is 5.15 Å². The molecular formula is C18H12ClN3. The summed E-state index contributed by atoms with van der Waals surface area (Å²) in [6.07, 6.45) is 1.91. The van der Waals surface area contributed by atoms with Gasteiger partial charge in [0.25, 0.3) is 0 Å². The van der Waals surface area contributed by atoms with E-state index in [1.807, 2.05) is 72.9 Å². The molecule has 0 fully saturated rings. The monoisotopic (exact) mass is 305 g/mol. The Morgan fingerprint density at radius 2 is 1.27 bits per heavy atom. The maximum absolute atomic E-state index is 6.40. The van der Waals surface area contributed by atoms with Crippen LogP contribution in [0.15, 0.2) is 72.9 Å². The van der Waals surface area contributed by atoms with E-state index in [2.05, 4.69) is 9.97 Å². The van der Waals surface area contributed by atoms with Crippen LogP contribution in [0.1, 0.15) is 0 Å². The summed E-state index contributed by atoms with van der Waals surface area (Å²) >= 11 is 6.40. The first-order valence-corrected chi connectivity index (χ1v) is 7.35. The Bertz CT molecular complexity index is 931. The Morgan fingerprint density at radius 3 is 1.91 bits per heavy atom. The molecule has 0 amide bonds. The van der Waals surface area contributed by atoms with E-state index >= 15 is 0 Å². The quantitative estimate of drug-likeness (QED) is 0.502. The van der Waals surface area contributed by atoms with Crippen LogP contribution < -0.4 is 0 Å². The zero-order valence-corrected chi connectivity index (χ0v) is 12.4. The van der Waals surface area contributed by atoms with E-state index in [9.17, 15) is 0 Å². The zero-order valence-electron chi connectivity index (χ0n) is 11.6. The van der Waals surface area contributed by atoms with Crippen molar-refractivity contribution in [3.05, 3.63) is 78.1 Å². The van der Waals surface area contributed by atoms with Crippen molar-refractivity contribution in [2.24, 2.45) is 0 Å². The number of halogens is 1. The first-order valence-electron chi connectivity index (χ1n) is 6.98. The molecule has 2 aromatic carbocycles. The van der Waals surface area contributed by atoms with Crippen LogP contribution in [0.4, 0.5) is 0 Å². The average molecular weight is 306 g/mol. The van der Waals surface area contributed by atoms with Crippen molar-refractivity contribution in [2.75, 3.05) is 0 Å². The first kappa shape index (κ1) is 13.0. The summed E-state index contributed by atoms with van der Waals surface area (Å²) < 4.78 is 1.80. The largest absolute Gasteiger partial charge is 0.273 e. The molecule has 3 nitrogen and oxygen atoms in total. The van der Waals surface area contributed by atoms with Gasteiger partial charge in [0.2, 0.25) is 5.78 Å². The third kappa shape index (κ3) is 2.26. The van der Waals surface area contributed by atoms with Gasteiger partial charge in [0.05, 0.1) is 11.4 Å². The van der Waals surface area contributed by atoms with Gasteiger partial charge in [-0.2, -0.15) is 0 Å². The van der Waals surface area contributed by atoms with Gasteiger partial charge in [0.1, 0.15) is 5.15 Å². The lowest BCUT2D eigenvalue weighted by molar-refractivity contribution is 1.11. The fourth-order valence-electron chi connectivity index (χ4n) is 2.43. The van der Waals surface area contributed by atoms with Gasteiger partial charge in [-0.25, -0.2) is 9.97 Å². The number of benzene rings is 2. The summed E-state index contributed by atoms with van der Waals surface area (Å²) in [5.74, 6) is 0.602. The number of aromatic nitrogens is 3. The van der Waals surface area contributed by atoms with E-state index in [0.717, 1.165) is 22.5 Å². The Kier molecular flexibility index (Phi) is 3.13. The number of hydrogen-bond acceptors (Lipinski definition) is 2. The van der Waals surface area contributed by atoms with Crippen molar-refractivity contribution in [1.82, 2.24) is 14.4 Å². The first-order chi connectivity index (χ1) is 10.8. The van der Waals surface area contributed by atoms with Gasteiger partial charge in [-0.05, 0) is 0 Å². The van der Waals surface area contributed by atoms with Crippen molar-refractivity contribution in [1.29, 1.82) is 0 Å². The third-order valence-electron chi connectivity index (χ3n) is 3.53. The molecule has 4 heteroatoms. The molecule has 0 bridgehead atoms. The van der Waals surface area contributed by atoms with Crippen LogP contribution in [0.3, 0.4) is 0 Å². The molecule has 0 aliphatic carbocycles. The molecule has 0 saturated carbocycles. The Balaban J connectivity index is 1.88. The lowest BCUT2D eigenvalue weighted by Crippen LogP contribution is -1.92. The van der Waals surface area contributed by atoms with Crippen molar-refractivity contribution in [3.8, 4) is 22.5 Å². The normalized spacial score (nSPS) is 11.0. The van der Waals surface area contributed by atoms with Gasteiger partial charge < -0.3 is 0 Å². The maximum atomic E-state index is 6.40. The highest BCUT2D eigenvalue weighted by Crippen LogP contribution is 2.25. The molecule has 0 N–H and O–H groups in total. The van der Waals surface area contributed by atoms with Gasteiger partial charge in [0.15, 0.2) is 0 Å². The van der Waals surface area contributed by atoms with Crippen LogP contribution in [-0.2, 0) is 0 Å². The second-order valence-corrected chi connectivity index (χ2v) is 5.38. The number of fused-ring (bicyclic) bond motifs is 1. The number of hydrogen-bond donors (Lipinski definition) is 0. The molecule has 2 heterocycles. The SMILES string of the molecule is Clc1cc(-c2ccccc2)nc2nc(-c3ccccc3)cn12. The summed E-state index contributed by atoms with van der Waals surface area (Å²) in [6, 6.07) is 21.8. The van der Waals surface area contributed by atoms with Crippen molar-refractivity contribution in [2.45, 2.75) is 0 Å². The minimum absolute atomic E-state index is 0.596. The minimum atomic E-state index is 0.596. The fourth-order valence-corrected chi connectivity index (χ4v) is 2.66. The molecule has 4 aromatic rings. The Hall–Kier alpha value is -2.65. The number of imidazole rings is 1. The molecule has 0 atom stereocenters. The average Bonchev–Trinajstić information content (AvgIpc) is 3.01. The Morgan fingerprint density at radius 1 is 0.727 bits per heavy atom. The summed E-state index contributed by atoms with van der Waals surface area (Å²) in [7, 11) is 0. The van der Waals surface area contributed by atoms with Crippen LogP contribution >= 0.6 is 11.6 Å². The molecule has 0 aliphatic heterocycles. The van der Waals surface area contributed by atoms with Crippen LogP contribution in [0, 0.1) is 0 Å². The van der Waals surface area contributed by atoms with Crippen LogP contribution in [0.25, 0.3) is 28.3 Å². The predicted octanol–water partition coefficient (Wildman–Crippen LogP) is 4.72. The van der Waals surface area contributed by atoms with Gasteiger partial charge in [0, 0.05) is 23.4 Å². The van der Waals surface area contributed by atoms with Gasteiger partial charge in [-0.1, -0.05) is 72.3 Å².